The number of rotatable bonds is 8. The third kappa shape index (κ3) is 6.97. The molecule has 0 aromatic rings. The molecule has 0 amide bonds. The molecule has 0 saturated carbocycles. The second-order valence-corrected chi connectivity index (χ2v) is 14.5. The van der Waals surface area contributed by atoms with E-state index >= 15 is 0 Å². The minimum atomic E-state index is -3.67. The van der Waals surface area contributed by atoms with E-state index in [0.29, 0.717) is 19.8 Å². The second kappa shape index (κ2) is 7.30. The van der Waals surface area contributed by atoms with Crippen molar-refractivity contribution >= 4 is 8.32 Å². The first kappa shape index (κ1) is 15.9. The van der Waals surface area contributed by atoms with Gasteiger partial charge in [-0.3, -0.25) is 0 Å². The van der Waals surface area contributed by atoms with Crippen LogP contribution in [-0.2, 0) is 33.0 Å². The predicted octanol–water partition coefficient (Wildman–Crippen LogP) is 2.76. The van der Waals surface area contributed by atoms with Gasteiger partial charge in [0.1, 0.15) is 0 Å². The molecule has 0 atom stereocenters. The number of hydrogen-bond acceptors (Lipinski definition) is 4. The van der Waals surface area contributed by atoms with Crippen LogP contribution in [-0.4, -0.2) is 28.1 Å². The summed E-state index contributed by atoms with van der Waals surface area (Å²) in [5.74, 6) is 0. The van der Waals surface area contributed by atoms with Gasteiger partial charge in [0.05, 0.1) is 0 Å². The Bertz CT molecular complexity index is 155. The summed E-state index contributed by atoms with van der Waals surface area (Å²) in [7, 11) is -1.69. The molecule has 0 rings (SSSR count). The zero-order chi connectivity index (χ0) is 11.9. The van der Waals surface area contributed by atoms with Crippen molar-refractivity contribution in [2.45, 2.75) is 40.4 Å². The summed E-state index contributed by atoms with van der Waals surface area (Å²) in [5, 5.41) is 0. The molecule has 0 fully saturated rings. The summed E-state index contributed by atoms with van der Waals surface area (Å²) >= 11 is -3.67. The summed E-state index contributed by atoms with van der Waals surface area (Å²) < 4.78 is 23.0. The molecule has 15 heavy (non-hydrogen) atoms. The average Bonchev–Trinajstić information content (AvgIpc) is 2.01. The van der Waals surface area contributed by atoms with E-state index in [9.17, 15) is 0 Å². The Labute approximate surface area is 101 Å². The molecule has 4 nitrogen and oxygen atoms in total. The quantitative estimate of drug-likeness (QED) is 0.645. The number of hydrogen-bond donors (Lipinski definition) is 0. The van der Waals surface area contributed by atoms with Crippen molar-refractivity contribution < 1.29 is 33.0 Å². The molecule has 0 N–H and O–H groups in total. The summed E-state index contributed by atoms with van der Waals surface area (Å²) in [6.07, 6.45) is 0. The van der Waals surface area contributed by atoms with Gasteiger partial charge >= 0.3 is 102 Å². The topological polar surface area (TPSA) is 36.9 Å². The van der Waals surface area contributed by atoms with E-state index in [0.717, 1.165) is 0 Å². The van der Waals surface area contributed by atoms with Crippen LogP contribution in [0.5, 0.6) is 0 Å². The Morgan fingerprint density at radius 3 is 1.33 bits per heavy atom. The average molecular weight is 316 g/mol. The Hall–Kier alpha value is 0.940. The van der Waals surface area contributed by atoms with Crippen molar-refractivity contribution in [1.29, 1.82) is 0 Å². The molecule has 0 saturated heterocycles. The summed E-state index contributed by atoms with van der Waals surface area (Å²) in [5.41, 5.74) is 0. The second-order valence-electron chi connectivity index (χ2n) is 4.01. The molecule has 0 aliphatic heterocycles. The molecular formula is C9H24O4SiZr. The maximum atomic E-state index is 6.03. The standard InChI is InChI=1S/C3H9OSi.3C2H5O.Zr/c1-5(2,3)4;3*1-2-3;/h1-3H3;3*2H2,1H3;/q4*-1;+4. The maximum absolute atomic E-state index is 6.03. The van der Waals surface area contributed by atoms with Crippen LogP contribution in [0.3, 0.4) is 0 Å². The SMILES string of the molecule is CC[O][Zr]([O]CC)([O]CC)[O][Si](C)(C)C. The van der Waals surface area contributed by atoms with Gasteiger partial charge in [-0.25, -0.2) is 0 Å². The molecule has 92 valence electrons. The molecule has 0 radical (unpaired) electrons. The first-order valence-corrected chi connectivity index (χ1v) is 12.9. The summed E-state index contributed by atoms with van der Waals surface area (Å²) in [4.78, 5) is 0. The van der Waals surface area contributed by atoms with E-state index in [1.807, 2.05) is 20.8 Å². The van der Waals surface area contributed by atoms with Crippen molar-refractivity contribution in [3.8, 4) is 0 Å². The van der Waals surface area contributed by atoms with E-state index in [2.05, 4.69) is 19.6 Å². The fourth-order valence-electron chi connectivity index (χ4n) is 1.12. The van der Waals surface area contributed by atoms with Crippen molar-refractivity contribution in [1.82, 2.24) is 0 Å². The van der Waals surface area contributed by atoms with E-state index in [1.54, 1.807) is 0 Å². The molecule has 6 heteroatoms. The fourth-order valence-corrected chi connectivity index (χ4v) is 12.1. The monoisotopic (exact) mass is 314 g/mol. The molecule has 0 aliphatic rings. The van der Waals surface area contributed by atoms with Gasteiger partial charge in [-0.05, 0) is 0 Å². The Balaban J connectivity index is 4.60. The van der Waals surface area contributed by atoms with Crippen LogP contribution in [0.1, 0.15) is 20.8 Å². The zero-order valence-electron chi connectivity index (χ0n) is 10.8. The van der Waals surface area contributed by atoms with Crippen LogP contribution in [0.4, 0.5) is 0 Å². The van der Waals surface area contributed by atoms with Gasteiger partial charge in [-0.1, -0.05) is 0 Å². The van der Waals surface area contributed by atoms with Crippen LogP contribution >= 0.6 is 0 Å². The van der Waals surface area contributed by atoms with Crippen molar-refractivity contribution in [2.75, 3.05) is 19.8 Å². The van der Waals surface area contributed by atoms with E-state index in [4.69, 9.17) is 10.9 Å². The zero-order valence-corrected chi connectivity index (χ0v) is 14.2. The minimum absolute atomic E-state index is 0.584. The first-order chi connectivity index (χ1) is 6.89. The molecule has 0 aromatic heterocycles. The van der Waals surface area contributed by atoms with Gasteiger partial charge < -0.3 is 0 Å². The Morgan fingerprint density at radius 1 is 0.800 bits per heavy atom. The summed E-state index contributed by atoms with van der Waals surface area (Å²) in [6.45, 7) is 13.9. The van der Waals surface area contributed by atoms with Crippen molar-refractivity contribution in [3.05, 3.63) is 0 Å². The van der Waals surface area contributed by atoms with Crippen LogP contribution in [0.2, 0.25) is 19.6 Å². The molecule has 0 spiro atoms. The van der Waals surface area contributed by atoms with Crippen LogP contribution in [0, 0.1) is 0 Å². The molecule has 0 aliphatic carbocycles. The van der Waals surface area contributed by atoms with Gasteiger partial charge in [0.15, 0.2) is 0 Å². The molecule has 0 unspecified atom stereocenters. The van der Waals surface area contributed by atoms with E-state index in [-0.39, 0.29) is 0 Å². The van der Waals surface area contributed by atoms with Crippen LogP contribution < -0.4 is 0 Å². The third-order valence-corrected chi connectivity index (χ3v) is 13.4. The third-order valence-electron chi connectivity index (χ3n) is 1.39. The molecular weight excluding hydrogens is 291 g/mol. The molecule has 0 aromatic carbocycles. The molecule has 0 bridgehead atoms. The van der Waals surface area contributed by atoms with Crippen LogP contribution in [0.15, 0.2) is 0 Å². The van der Waals surface area contributed by atoms with Gasteiger partial charge in [0.2, 0.25) is 0 Å². The van der Waals surface area contributed by atoms with Crippen molar-refractivity contribution in [3.63, 3.8) is 0 Å². The van der Waals surface area contributed by atoms with Crippen molar-refractivity contribution in [2.24, 2.45) is 0 Å². The van der Waals surface area contributed by atoms with Gasteiger partial charge in [-0.15, -0.1) is 0 Å². The summed E-state index contributed by atoms with van der Waals surface area (Å²) in [6, 6.07) is 0. The predicted molar refractivity (Wildman–Crippen MR) is 59.3 cm³/mol. The van der Waals surface area contributed by atoms with E-state index < -0.39 is 30.3 Å². The van der Waals surface area contributed by atoms with Gasteiger partial charge in [0, 0.05) is 0 Å². The Kier molecular flexibility index (Phi) is 7.76. The molecule has 0 heterocycles. The van der Waals surface area contributed by atoms with Gasteiger partial charge in [0.25, 0.3) is 0 Å². The van der Waals surface area contributed by atoms with Gasteiger partial charge in [-0.2, -0.15) is 0 Å². The fraction of sp³-hybridized carbons (Fsp3) is 1.00. The van der Waals surface area contributed by atoms with Crippen LogP contribution in [0.25, 0.3) is 0 Å². The Morgan fingerprint density at radius 2 is 1.13 bits per heavy atom. The van der Waals surface area contributed by atoms with E-state index in [1.165, 1.54) is 0 Å². The first-order valence-electron chi connectivity index (χ1n) is 5.51. The normalized spacial score (nSPS) is 13.2.